The fourth-order valence-electron chi connectivity index (χ4n) is 3.12. The molecule has 0 spiro atoms. The molecule has 1 aliphatic carbocycles. The van der Waals surface area contributed by atoms with Crippen LogP contribution in [0.25, 0.3) is 0 Å². The summed E-state index contributed by atoms with van der Waals surface area (Å²) in [5, 5.41) is 3.32. The number of hydrogen-bond acceptors (Lipinski definition) is 1. The third-order valence-corrected chi connectivity index (χ3v) is 4.33. The summed E-state index contributed by atoms with van der Waals surface area (Å²) in [4.78, 5) is 0. The maximum atomic E-state index is 12.9. The lowest BCUT2D eigenvalue weighted by molar-refractivity contribution is -0.138. The van der Waals surface area contributed by atoms with Gasteiger partial charge < -0.3 is 5.32 Å². The van der Waals surface area contributed by atoms with Crippen molar-refractivity contribution in [1.29, 1.82) is 0 Å². The first-order valence-corrected chi connectivity index (χ1v) is 7.36. The number of halogens is 3. The van der Waals surface area contributed by atoms with E-state index in [4.69, 9.17) is 0 Å². The minimum absolute atomic E-state index is 0.277. The molecule has 2 atom stereocenters. The van der Waals surface area contributed by atoms with Crippen molar-refractivity contribution < 1.29 is 13.2 Å². The summed E-state index contributed by atoms with van der Waals surface area (Å²) in [6.07, 6.45) is 1.42. The lowest BCUT2D eigenvalue weighted by Crippen LogP contribution is -2.31. The van der Waals surface area contributed by atoms with Gasteiger partial charge in [0.25, 0.3) is 0 Å². The fraction of sp³-hybridized carbons (Fsp3) is 0.625. The Bertz CT molecular complexity index is 454. The fourth-order valence-corrected chi connectivity index (χ4v) is 3.12. The van der Waals surface area contributed by atoms with Crippen LogP contribution in [-0.4, -0.2) is 6.04 Å². The number of rotatable bonds is 3. The van der Waals surface area contributed by atoms with Crippen LogP contribution in [0.3, 0.4) is 0 Å². The quantitative estimate of drug-likeness (QED) is 0.784. The van der Waals surface area contributed by atoms with E-state index in [-0.39, 0.29) is 5.56 Å². The molecule has 0 bridgehead atoms. The Kier molecular flexibility index (Phi) is 4.61. The summed E-state index contributed by atoms with van der Waals surface area (Å²) in [5.41, 5.74) is 0.332. The molecule has 1 fully saturated rings. The number of anilines is 1. The van der Waals surface area contributed by atoms with E-state index in [2.05, 4.69) is 12.2 Å². The van der Waals surface area contributed by atoms with Gasteiger partial charge in [-0.25, -0.2) is 0 Å². The highest BCUT2D eigenvalue weighted by atomic mass is 19.4. The van der Waals surface area contributed by atoms with E-state index < -0.39 is 11.7 Å². The zero-order chi connectivity index (χ0) is 14.8. The van der Waals surface area contributed by atoms with Gasteiger partial charge in [-0.2, -0.15) is 13.2 Å². The molecule has 1 aliphatic rings. The zero-order valence-corrected chi connectivity index (χ0v) is 12.1. The first-order valence-electron chi connectivity index (χ1n) is 7.36. The van der Waals surface area contributed by atoms with Crippen LogP contribution in [0.1, 0.15) is 50.2 Å². The molecular formula is C16H22F3N. The maximum absolute atomic E-state index is 12.9. The lowest BCUT2D eigenvalue weighted by atomic mass is 9.83. The van der Waals surface area contributed by atoms with Crippen molar-refractivity contribution in [2.24, 2.45) is 5.92 Å². The van der Waals surface area contributed by atoms with E-state index in [0.717, 1.165) is 19.3 Å². The molecule has 0 aliphatic heterocycles. The van der Waals surface area contributed by atoms with Crippen LogP contribution in [-0.2, 0) is 6.18 Å². The highest BCUT2D eigenvalue weighted by molar-refractivity contribution is 5.50. The number of hydrogen-bond donors (Lipinski definition) is 1. The predicted molar refractivity (Wildman–Crippen MR) is 75.8 cm³/mol. The molecule has 0 heterocycles. The highest BCUT2D eigenvalue weighted by Crippen LogP contribution is 2.35. The van der Waals surface area contributed by atoms with Crippen LogP contribution in [0, 0.1) is 12.8 Å². The van der Waals surface area contributed by atoms with E-state index in [1.807, 2.05) is 0 Å². The van der Waals surface area contributed by atoms with Gasteiger partial charge in [0.15, 0.2) is 0 Å². The van der Waals surface area contributed by atoms with Gasteiger partial charge in [0, 0.05) is 11.7 Å². The SMILES string of the molecule is CCC1CCCCC1Nc1ccc(C)c(C(F)(F)F)c1. The second-order valence-electron chi connectivity index (χ2n) is 5.73. The molecule has 0 aromatic heterocycles. The summed E-state index contributed by atoms with van der Waals surface area (Å²) < 4.78 is 38.8. The number of benzene rings is 1. The van der Waals surface area contributed by atoms with Crippen molar-refractivity contribution in [1.82, 2.24) is 0 Å². The predicted octanol–water partition coefficient (Wildman–Crippen LogP) is 5.39. The molecule has 1 N–H and O–H groups in total. The van der Waals surface area contributed by atoms with Crippen molar-refractivity contribution in [3.63, 3.8) is 0 Å². The van der Waals surface area contributed by atoms with Crippen molar-refractivity contribution in [3.8, 4) is 0 Å². The largest absolute Gasteiger partial charge is 0.416 e. The van der Waals surface area contributed by atoms with Crippen molar-refractivity contribution in [3.05, 3.63) is 29.3 Å². The highest BCUT2D eigenvalue weighted by Gasteiger charge is 2.33. The molecule has 2 unspecified atom stereocenters. The van der Waals surface area contributed by atoms with Gasteiger partial charge in [-0.05, 0) is 43.4 Å². The second-order valence-corrected chi connectivity index (χ2v) is 5.73. The van der Waals surface area contributed by atoms with Crippen LogP contribution in [0.2, 0.25) is 0 Å². The summed E-state index contributed by atoms with van der Waals surface area (Å²) >= 11 is 0. The number of alkyl halides is 3. The molecule has 2 rings (SSSR count). The molecule has 1 nitrogen and oxygen atoms in total. The number of nitrogens with one attached hydrogen (secondary N) is 1. The molecule has 1 saturated carbocycles. The molecule has 0 saturated heterocycles. The molecule has 4 heteroatoms. The summed E-state index contributed by atoms with van der Waals surface area (Å²) in [6, 6.07) is 4.86. The lowest BCUT2D eigenvalue weighted by Gasteiger charge is -2.32. The van der Waals surface area contributed by atoms with Crippen LogP contribution in [0.5, 0.6) is 0 Å². The van der Waals surface area contributed by atoms with Crippen LogP contribution < -0.4 is 5.32 Å². The Morgan fingerprint density at radius 2 is 1.90 bits per heavy atom. The second kappa shape index (κ2) is 6.06. The average molecular weight is 285 g/mol. The van der Waals surface area contributed by atoms with Gasteiger partial charge in [0.1, 0.15) is 0 Å². The molecular weight excluding hydrogens is 263 g/mol. The van der Waals surface area contributed by atoms with Crippen LogP contribution in [0.15, 0.2) is 18.2 Å². The number of aryl methyl sites for hydroxylation is 1. The minimum Gasteiger partial charge on any atom is -0.382 e. The van der Waals surface area contributed by atoms with Gasteiger partial charge in [-0.3, -0.25) is 0 Å². The van der Waals surface area contributed by atoms with Crippen molar-refractivity contribution >= 4 is 5.69 Å². The topological polar surface area (TPSA) is 12.0 Å². The van der Waals surface area contributed by atoms with Crippen molar-refractivity contribution in [2.45, 2.75) is 58.2 Å². The van der Waals surface area contributed by atoms with Crippen LogP contribution in [0.4, 0.5) is 18.9 Å². The molecule has 20 heavy (non-hydrogen) atoms. The Morgan fingerprint density at radius 1 is 1.20 bits per heavy atom. The van der Waals surface area contributed by atoms with Gasteiger partial charge >= 0.3 is 6.18 Å². The third kappa shape index (κ3) is 3.47. The Hall–Kier alpha value is -1.19. The standard InChI is InChI=1S/C16H22F3N/c1-3-12-6-4-5-7-15(12)20-13-9-8-11(2)14(10-13)16(17,18)19/h8-10,12,15,20H,3-7H2,1-2H3. The summed E-state index contributed by atoms with van der Waals surface area (Å²) in [5.74, 6) is 0.569. The smallest absolute Gasteiger partial charge is 0.382 e. The monoisotopic (exact) mass is 285 g/mol. The molecule has 0 radical (unpaired) electrons. The normalized spacial score (nSPS) is 23.6. The van der Waals surface area contributed by atoms with Crippen molar-refractivity contribution in [2.75, 3.05) is 5.32 Å². The van der Waals surface area contributed by atoms with Crippen LogP contribution >= 0.6 is 0 Å². The minimum atomic E-state index is -4.28. The summed E-state index contributed by atoms with van der Waals surface area (Å²) in [6.45, 7) is 3.66. The molecule has 1 aromatic rings. The van der Waals surface area contributed by atoms with Gasteiger partial charge in [-0.15, -0.1) is 0 Å². The maximum Gasteiger partial charge on any atom is 0.416 e. The van der Waals surface area contributed by atoms with E-state index in [0.29, 0.717) is 17.6 Å². The van der Waals surface area contributed by atoms with Gasteiger partial charge in [0.05, 0.1) is 5.56 Å². The Labute approximate surface area is 118 Å². The van der Waals surface area contributed by atoms with E-state index >= 15 is 0 Å². The third-order valence-electron chi connectivity index (χ3n) is 4.33. The summed E-state index contributed by atoms with van der Waals surface area (Å²) in [7, 11) is 0. The first-order chi connectivity index (χ1) is 9.41. The Morgan fingerprint density at radius 3 is 2.55 bits per heavy atom. The molecule has 112 valence electrons. The average Bonchev–Trinajstić information content (AvgIpc) is 2.40. The Balaban J connectivity index is 2.17. The van der Waals surface area contributed by atoms with Gasteiger partial charge in [0.2, 0.25) is 0 Å². The van der Waals surface area contributed by atoms with Gasteiger partial charge in [-0.1, -0.05) is 32.3 Å². The first kappa shape index (κ1) is 15.2. The zero-order valence-electron chi connectivity index (χ0n) is 12.1. The van der Waals surface area contributed by atoms with E-state index in [1.54, 1.807) is 12.1 Å². The van der Waals surface area contributed by atoms with E-state index in [1.165, 1.54) is 25.8 Å². The molecule has 1 aromatic carbocycles. The molecule has 0 amide bonds. The van der Waals surface area contributed by atoms with E-state index in [9.17, 15) is 13.2 Å².